The van der Waals surface area contributed by atoms with Crippen LogP contribution in [0.5, 0.6) is 0 Å². The third-order valence-electron chi connectivity index (χ3n) is 3.81. The fraction of sp³-hybridized carbons (Fsp3) is 0.882. The lowest BCUT2D eigenvalue weighted by Crippen LogP contribution is -1.92. The molecule has 0 aromatic carbocycles. The third-order valence-corrected chi connectivity index (χ3v) is 3.81. The molecule has 0 aromatic heterocycles. The standard InChI is InChI=1S/C17H33N/c1-5-16(3)12-9-7-8-10-14-18-15-11-13-17(4)6-2/h11,16-17H,5-10,12-14H2,1-4H3. The Morgan fingerprint density at radius 3 is 2.28 bits per heavy atom. The number of rotatable bonds is 11. The maximum absolute atomic E-state index is 4.32. The van der Waals surface area contributed by atoms with Gasteiger partial charge in [0.2, 0.25) is 0 Å². The van der Waals surface area contributed by atoms with Crippen LogP contribution in [-0.2, 0) is 0 Å². The number of aliphatic imine (C=N–C) groups is 1. The number of unbranched alkanes of at least 4 members (excludes halogenated alkanes) is 3. The van der Waals surface area contributed by atoms with Crippen molar-refractivity contribution >= 4 is 5.87 Å². The van der Waals surface area contributed by atoms with E-state index in [9.17, 15) is 0 Å². The molecule has 0 heterocycles. The highest BCUT2D eigenvalue weighted by Crippen LogP contribution is 2.12. The molecule has 2 unspecified atom stereocenters. The van der Waals surface area contributed by atoms with E-state index < -0.39 is 0 Å². The van der Waals surface area contributed by atoms with Gasteiger partial charge in [0.1, 0.15) is 0 Å². The van der Waals surface area contributed by atoms with E-state index in [1.165, 1.54) is 44.9 Å². The molecular formula is C17H33N. The van der Waals surface area contributed by atoms with E-state index >= 15 is 0 Å². The lowest BCUT2D eigenvalue weighted by molar-refractivity contribution is 0.475. The van der Waals surface area contributed by atoms with Crippen LogP contribution in [0.4, 0.5) is 0 Å². The summed E-state index contributed by atoms with van der Waals surface area (Å²) in [5, 5.41) is 0. The summed E-state index contributed by atoms with van der Waals surface area (Å²) in [6, 6.07) is 0. The summed E-state index contributed by atoms with van der Waals surface area (Å²) >= 11 is 0. The first-order valence-electron chi connectivity index (χ1n) is 7.94. The van der Waals surface area contributed by atoms with Crippen LogP contribution in [-0.4, -0.2) is 12.4 Å². The average molecular weight is 251 g/mol. The second-order valence-corrected chi connectivity index (χ2v) is 5.68. The molecule has 18 heavy (non-hydrogen) atoms. The van der Waals surface area contributed by atoms with Crippen molar-refractivity contribution in [3.8, 4) is 0 Å². The van der Waals surface area contributed by atoms with Crippen LogP contribution in [0.25, 0.3) is 0 Å². The molecule has 0 bridgehead atoms. The average Bonchev–Trinajstić information content (AvgIpc) is 2.40. The molecule has 106 valence electrons. The number of nitrogens with zero attached hydrogens (tertiary/aromatic N) is 1. The summed E-state index contributed by atoms with van der Waals surface area (Å²) in [5.74, 6) is 4.75. The van der Waals surface area contributed by atoms with E-state index in [1.807, 2.05) is 0 Å². The maximum atomic E-state index is 4.32. The van der Waals surface area contributed by atoms with Gasteiger partial charge in [0.15, 0.2) is 0 Å². The minimum absolute atomic E-state index is 0.772. The van der Waals surface area contributed by atoms with Gasteiger partial charge in [0.05, 0.1) is 0 Å². The largest absolute Gasteiger partial charge is 0.243 e. The van der Waals surface area contributed by atoms with Crippen LogP contribution in [0.2, 0.25) is 0 Å². The fourth-order valence-electron chi connectivity index (χ4n) is 1.79. The number of allylic oxidation sites excluding steroid dienone is 1. The Morgan fingerprint density at radius 2 is 1.61 bits per heavy atom. The molecule has 0 aliphatic rings. The zero-order valence-corrected chi connectivity index (χ0v) is 13.0. The molecule has 0 amide bonds. The molecule has 0 radical (unpaired) electrons. The van der Waals surface area contributed by atoms with E-state index in [0.717, 1.165) is 24.8 Å². The first kappa shape index (κ1) is 17.4. The second-order valence-electron chi connectivity index (χ2n) is 5.68. The smallest absolute Gasteiger partial charge is 0.0483 e. The summed E-state index contributed by atoms with van der Waals surface area (Å²) in [6.07, 6.45) is 12.5. The van der Waals surface area contributed by atoms with Crippen LogP contribution in [0, 0.1) is 11.8 Å². The predicted octanol–water partition coefficient (Wildman–Crippen LogP) is 5.65. The van der Waals surface area contributed by atoms with E-state index in [4.69, 9.17) is 0 Å². The van der Waals surface area contributed by atoms with Crippen molar-refractivity contribution in [3.63, 3.8) is 0 Å². The SMILES string of the molecule is CCC(C)CC=C=NCCCCCCC(C)CC. The van der Waals surface area contributed by atoms with Gasteiger partial charge in [-0.3, -0.25) is 0 Å². The molecule has 0 fully saturated rings. The molecule has 0 spiro atoms. The van der Waals surface area contributed by atoms with Gasteiger partial charge >= 0.3 is 0 Å². The molecule has 1 heteroatoms. The highest BCUT2D eigenvalue weighted by molar-refractivity contribution is 5.51. The van der Waals surface area contributed by atoms with E-state index in [0.29, 0.717) is 0 Å². The Hall–Kier alpha value is -0.550. The fourth-order valence-corrected chi connectivity index (χ4v) is 1.79. The van der Waals surface area contributed by atoms with Crippen molar-refractivity contribution in [2.45, 2.75) is 79.1 Å². The van der Waals surface area contributed by atoms with Crippen molar-refractivity contribution in [1.29, 1.82) is 0 Å². The molecule has 0 aliphatic heterocycles. The molecule has 2 atom stereocenters. The van der Waals surface area contributed by atoms with Gasteiger partial charge in [-0.05, 0) is 36.6 Å². The Balaban J connectivity index is 3.32. The summed E-state index contributed by atoms with van der Waals surface area (Å²) in [4.78, 5) is 4.32. The van der Waals surface area contributed by atoms with Crippen LogP contribution < -0.4 is 0 Å². The Labute approximate surface area is 115 Å². The first-order chi connectivity index (χ1) is 8.70. The third kappa shape index (κ3) is 11.9. The van der Waals surface area contributed by atoms with Crippen LogP contribution in [0.3, 0.4) is 0 Å². The van der Waals surface area contributed by atoms with E-state index in [-0.39, 0.29) is 0 Å². The van der Waals surface area contributed by atoms with Crippen LogP contribution >= 0.6 is 0 Å². The van der Waals surface area contributed by atoms with Crippen molar-refractivity contribution in [3.05, 3.63) is 6.08 Å². The zero-order valence-electron chi connectivity index (χ0n) is 13.0. The van der Waals surface area contributed by atoms with E-state index in [2.05, 4.69) is 44.6 Å². The van der Waals surface area contributed by atoms with Gasteiger partial charge < -0.3 is 0 Å². The summed E-state index contributed by atoms with van der Waals surface area (Å²) in [6.45, 7) is 10.1. The molecule has 0 aromatic rings. The molecule has 0 N–H and O–H groups in total. The normalized spacial score (nSPS) is 13.8. The van der Waals surface area contributed by atoms with Crippen molar-refractivity contribution in [2.24, 2.45) is 16.8 Å². The molecule has 0 saturated heterocycles. The summed E-state index contributed by atoms with van der Waals surface area (Å²) < 4.78 is 0. The van der Waals surface area contributed by atoms with Crippen molar-refractivity contribution in [1.82, 2.24) is 0 Å². The predicted molar refractivity (Wildman–Crippen MR) is 83.5 cm³/mol. The number of hydrogen-bond acceptors (Lipinski definition) is 1. The van der Waals surface area contributed by atoms with Crippen molar-refractivity contribution in [2.75, 3.05) is 6.54 Å². The number of hydrogen-bond donors (Lipinski definition) is 0. The quantitative estimate of drug-likeness (QED) is 0.332. The molecule has 0 saturated carbocycles. The first-order valence-corrected chi connectivity index (χ1v) is 7.94. The van der Waals surface area contributed by atoms with Gasteiger partial charge in [-0.25, -0.2) is 4.99 Å². The summed E-state index contributed by atoms with van der Waals surface area (Å²) in [5.41, 5.74) is 0. The zero-order chi connectivity index (χ0) is 13.6. The van der Waals surface area contributed by atoms with Gasteiger partial charge in [-0.15, -0.1) is 0 Å². The molecular weight excluding hydrogens is 218 g/mol. The second kappa shape index (κ2) is 12.9. The topological polar surface area (TPSA) is 12.4 Å². The van der Waals surface area contributed by atoms with Crippen molar-refractivity contribution < 1.29 is 0 Å². The van der Waals surface area contributed by atoms with Gasteiger partial charge in [-0.1, -0.05) is 66.2 Å². The minimum atomic E-state index is 0.772. The van der Waals surface area contributed by atoms with Gasteiger partial charge in [-0.2, -0.15) is 0 Å². The molecule has 1 nitrogen and oxygen atoms in total. The monoisotopic (exact) mass is 251 g/mol. The lowest BCUT2D eigenvalue weighted by Gasteiger charge is -2.06. The maximum Gasteiger partial charge on any atom is 0.0483 e. The van der Waals surface area contributed by atoms with Gasteiger partial charge in [0.25, 0.3) is 0 Å². The van der Waals surface area contributed by atoms with Crippen LogP contribution in [0.1, 0.15) is 79.1 Å². The highest BCUT2D eigenvalue weighted by atomic mass is 14.7. The summed E-state index contributed by atoms with van der Waals surface area (Å²) in [7, 11) is 0. The van der Waals surface area contributed by atoms with Gasteiger partial charge in [0, 0.05) is 6.54 Å². The Morgan fingerprint density at radius 1 is 0.944 bits per heavy atom. The molecule has 0 aliphatic carbocycles. The molecule has 0 rings (SSSR count). The van der Waals surface area contributed by atoms with E-state index in [1.54, 1.807) is 0 Å². The minimum Gasteiger partial charge on any atom is -0.243 e. The highest BCUT2D eigenvalue weighted by Gasteiger charge is 1.97. The Bertz CT molecular complexity index is 226. The Kier molecular flexibility index (Phi) is 12.5. The van der Waals surface area contributed by atoms with Crippen LogP contribution in [0.15, 0.2) is 11.1 Å². The lowest BCUT2D eigenvalue weighted by atomic mass is 10.0.